The molecule has 0 spiro atoms. The zero-order valence-electron chi connectivity index (χ0n) is 24.0. The summed E-state index contributed by atoms with van der Waals surface area (Å²) in [6, 6.07) is 16.7. The quantitative estimate of drug-likeness (QED) is 0.312. The minimum Gasteiger partial charge on any atom is -0.497 e. The van der Waals surface area contributed by atoms with E-state index in [2.05, 4.69) is 24.1 Å². The first-order valence-corrected chi connectivity index (χ1v) is 13.4. The Labute approximate surface area is 239 Å². The van der Waals surface area contributed by atoms with Crippen LogP contribution in [0, 0.1) is 5.41 Å². The third kappa shape index (κ3) is 5.94. The first-order chi connectivity index (χ1) is 19.7. The number of methoxy groups -OCH3 is 3. The second-order valence-corrected chi connectivity index (χ2v) is 10.9. The van der Waals surface area contributed by atoms with E-state index >= 15 is 0 Å². The lowest BCUT2D eigenvalue weighted by atomic mass is 9.75. The van der Waals surface area contributed by atoms with E-state index in [4.69, 9.17) is 19.3 Å². The number of ether oxygens (including phenoxy) is 3. The maximum Gasteiger partial charge on any atom is 0.253 e. The molecule has 1 amide bonds. The summed E-state index contributed by atoms with van der Waals surface area (Å²) in [5.74, 6) is 2.42. The van der Waals surface area contributed by atoms with E-state index in [1.807, 2.05) is 42.5 Å². The van der Waals surface area contributed by atoms with E-state index in [0.29, 0.717) is 59.9 Å². The zero-order valence-corrected chi connectivity index (χ0v) is 24.0. The van der Waals surface area contributed by atoms with Crippen molar-refractivity contribution in [2.24, 2.45) is 5.41 Å². The third-order valence-corrected chi connectivity index (χ3v) is 7.28. The number of nitrogens with one attached hydrogen (secondary N) is 1. The first-order valence-electron chi connectivity index (χ1n) is 13.4. The maximum absolute atomic E-state index is 13.4. The molecule has 0 radical (unpaired) electrons. The van der Waals surface area contributed by atoms with E-state index in [1.54, 1.807) is 38.1 Å². The maximum atomic E-state index is 13.4. The van der Waals surface area contributed by atoms with Crippen LogP contribution in [0.15, 0.2) is 60.8 Å². The first kappa shape index (κ1) is 27.9. The van der Waals surface area contributed by atoms with Gasteiger partial charge in [-0.1, -0.05) is 32.0 Å². The fraction of sp³-hybridized carbons (Fsp3) is 0.312. The average Bonchev–Trinajstić information content (AvgIpc) is 3.33. The molecule has 2 heterocycles. The molecule has 0 saturated carbocycles. The van der Waals surface area contributed by atoms with Crippen molar-refractivity contribution < 1.29 is 23.8 Å². The molecule has 9 nitrogen and oxygen atoms in total. The van der Waals surface area contributed by atoms with Crippen LogP contribution in [0.5, 0.6) is 17.2 Å². The molecule has 2 aromatic carbocycles. The smallest absolute Gasteiger partial charge is 0.253 e. The van der Waals surface area contributed by atoms with E-state index in [1.165, 1.54) is 6.20 Å². The van der Waals surface area contributed by atoms with Gasteiger partial charge in [0.15, 0.2) is 23.1 Å². The molecule has 2 aromatic heterocycles. The highest BCUT2D eigenvalue weighted by molar-refractivity contribution is 6.00. The minimum atomic E-state index is -0.229. The van der Waals surface area contributed by atoms with E-state index in [9.17, 15) is 9.59 Å². The Balaban J connectivity index is 1.41. The summed E-state index contributed by atoms with van der Waals surface area (Å²) in [4.78, 5) is 30.7. The number of hydrogen-bond acceptors (Lipinski definition) is 7. The van der Waals surface area contributed by atoms with Crippen molar-refractivity contribution in [2.45, 2.75) is 39.7 Å². The predicted octanol–water partition coefficient (Wildman–Crippen LogP) is 4.97. The molecule has 4 aromatic rings. The number of ketones is 1. The fourth-order valence-corrected chi connectivity index (χ4v) is 5.20. The summed E-state index contributed by atoms with van der Waals surface area (Å²) >= 11 is 0. The summed E-state index contributed by atoms with van der Waals surface area (Å²) in [7, 11) is 4.81. The van der Waals surface area contributed by atoms with Crippen molar-refractivity contribution in [1.82, 2.24) is 20.1 Å². The SMILES string of the molecule is COc1ccc(CNC(=O)c2ccc(-n3nc(Cc4ccc(OC)c(OC)c4)c4c3CC(C)(C)CC4=O)nc2)cc1. The second-order valence-electron chi connectivity index (χ2n) is 10.9. The molecule has 212 valence electrons. The molecule has 9 heteroatoms. The normalized spacial score (nSPS) is 13.8. The van der Waals surface area contributed by atoms with Gasteiger partial charge in [0.2, 0.25) is 0 Å². The Kier molecular flexibility index (Phi) is 7.79. The summed E-state index contributed by atoms with van der Waals surface area (Å²) in [6.07, 6.45) is 3.12. The average molecular weight is 555 g/mol. The number of hydrogen-bond donors (Lipinski definition) is 1. The Morgan fingerprint density at radius 1 is 0.927 bits per heavy atom. The Hall–Kier alpha value is -4.66. The van der Waals surface area contributed by atoms with Gasteiger partial charge in [-0.15, -0.1) is 0 Å². The summed E-state index contributed by atoms with van der Waals surface area (Å²) in [5.41, 5.74) is 4.32. The second kappa shape index (κ2) is 11.4. The van der Waals surface area contributed by atoms with Gasteiger partial charge in [0.1, 0.15) is 5.75 Å². The molecule has 5 rings (SSSR count). The summed E-state index contributed by atoms with van der Waals surface area (Å²) in [5, 5.41) is 7.81. The van der Waals surface area contributed by atoms with Gasteiger partial charge in [0.05, 0.1) is 43.8 Å². The van der Waals surface area contributed by atoms with Gasteiger partial charge in [-0.05, 0) is 59.4 Å². The monoisotopic (exact) mass is 554 g/mol. The number of carbonyl (C=O) groups excluding carboxylic acids is 2. The molecule has 0 fully saturated rings. The highest BCUT2D eigenvalue weighted by Crippen LogP contribution is 2.38. The number of aromatic nitrogens is 3. The van der Waals surface area contributed by atoms with Crippen LogP contribution in [0.3, 0.4) is 0 Å². The molecule has 0 aliphatic heterocycles. The standard InChI is InChI=1S/C32H34N4O5/c1-32(2)16-25-30(26(37)17-32)24(14-21-8-12-27(40-4)28(15-21)41-5)35-36(25)29-13-9-22(19-33-29)31(38)34-18-20-6-10-23(39-3)11-7-20/h6-13,15,19H,14,16-18H2,1-5H3,(H,34,38). The van der Waals surface area contributed by atoms with Crippen LogP contribution >= 0.6 is 0 Å². The van der Waals surface area contributed by atoms with Crippen LogP contribution in [0.25, 0.3) is 5.82 Å². The molecule has 41 heavy (non-hydrogen) atoms. The van der Waals surface area contributed by atoms with Crippen LogP contribution in [-0.4, -0.2) is 47.8 Å². The molecule has 1 aliphatic carbocycles. The topological polar surface area (TPSA) is 105 Å². The van der Waals surface area contributed by atoms with E-state index in [0.717, 1.165) is 22.6 Å². The van der Waals surface area contributed by atoms with E-state index in [-0.39, 0.29) is 17.1 Å². The lowest BCUT2D eigenvalue weighted by molar-refractivity contribution is 0.0908. The molecule has 0 unspecified atom stereocenters. The number of fused-ring (bicyclic) bond motifs is 1. The molecular formula is C32H34N4O5. The lowest BCUT2D eigenvalue weighted by Gasteiger charge is -2.29. The van der Waals surface area contributed by atoms with Crippen molar-refractivity contribution in [3.05, 3.63) is 94.4 Å². The van der Waals surface area contributed by atoms with E-state index < -0.39 is 0 Å². The highest BCUT2D eigenvalue weighted by Gasteiger charge is 2.37. The molecule has 0 saturated heterocycles. The van der Waals surface area contributed by atoms with Gasteiger partial charge in [0, 0.05) is 25.6 Å². The van der Waals surface area contributed by atoms with Crippen molar-refractivity contribution in [1.29, 1.82) is 0 Å². The van der Waals surface area contributed by atoms with Crippen molar-refractivity contribution in [2.75, 3.05) is 21.3 Å². The molecule has 0 bridgehead atoms. The number of nitrogens with zero attached hydrogens (tertiary/aromatic N) is 3. The van der Waals surface area contributed by atoms with Gasteiger partial charge >= 0.3 is 0 Å². The Morgan fingerprint density at radius 3 is 2.32 bits per heavy atom. The van der Waals surface area contributed by atoms with Crippen molar-refractivity contribution in [3.63, 3.8) is 0 Å². The van der Waals surface area contributed by atoms with Crippen molar-refractivity contribution >= 4 is 11.7 Å². The van der Waals surface area contributed by atoms with Crippen LogP contribution in [0.2, 0.25) is 0 Å². The number of amides is 1. The number of Topliss-reactive ketones (excluding diaryl/α,β-unsaturated/α-hetero) is 1. The fourth-order valence-electron chi connectivity index (χ4n) is 5.20. The van der Waals surface area contributed by atoms with Crippen LogP contribution in [0.4, 0.5) is 0 Å². The van der Waals surface area contributed by atoms with Gasteiger partial charge in [-0.25, -0.2) is 9.67 Å². The number of carbonyl (C=O) groups is 2. The molecular weight excluding hydrogens is 520 g/mol. The van der Waals surface area contributed by atoms with Crippen molar-refractivity contribution in [3.8, 4) is 23.1 Å². The van der Waals surface area contributed by atoms with Gasteiger partial charge < -0.3 is 19.5 Å². The van der Waals surface area contributed by atoms with Gasteiger partial charge in [-0.3, -0.25) is 9.59 Å². The Bertz CT molecular complexity index is 1570. The van der Waals surface area contributed by atoms with Gasteiger partial charge in [0.25, 0.3) is 5.91 Å². The number of rotatable bonds is 9. The van der Waals surface area contributed by atoms with Crippen LogP contribution in [-0.2, 0) is 19.4 Å². The Morgan fingerprint density at radius 2 is 1.66 bits per heavy atom. The zero-order chi connectivity index (χ0) is 29.1. The lowest BCUT2D eigenvalue weighted by Crippen LogP contribution is -2.28. The summed E-state index contributed by atoms with van der Waals surface area (Å²) in [6.45, 7) is 4.56. The van der Waals surface area contributed by atoms with Gasteiger partial charge in [-0.2, -0.15) is 5.10 Å². The number of pyridine rings is 1. The minimum absolute atomic E-state index is 0.0764. The third-order valence-electron chi connectivity index (χ3n) is 7.28. The molecule has 1 N–H and O–H groups in total. The highest BCUT2D eigenvalue weighted by atomic mass is 16.5. The van der Waals surface area contributed by atoms with Crippen LogP contribution in [0.1, 0.15) is 63.5 Å². The largest absolute Gasteiger partial charge is 0.497 e. The predicted molar refractivity (Wildman–Crippen MR) is 154 cm³/mol. The summed E-state index contributed by atoms with van der Waals surface area (Å²) < 4.78 is 17.8. The number of benzene rings is 2. The molecule has 0 atom stereocenters. The van der Waals surface area contributed by atoms with Crippen LogP contribution < -0.4 is 19.5 Å². The molecule has 1 aliphatic rings.